The van der Waals surface area contributed by atoms with E-state index in [9.17, 15) is 0 Å². The molecule has 0 bridgehead atoms. The van der Waals surface area contributed by atoms with Crippen molar-refractivity contribution in [3.8, 4) is 22.8 Å². The van der Waals surface area contributed by atoms with E-state index < -0.39 is 0 Å². The van der Waals surface area contributed by atoms with Gasteiger partial charge in [-0.15, -0.1) is 0 Å². The zero-order chi connectivity index (χ0) is 16.7. The van der Waals surface area contributed by atoms with E-state index in [2.05, 4.69) is 4.98 Å². The molecular weight excluding hydrogens is 302 g/mol. The van der Waals surface area contributed by atoms with E-state index in [4.69, 9.17) is 20.2 Å². The molecule has 24 heavy (non-hydrogen) atoms. The highest BCUT2D eigenvalue weighted by atomic mass is 16.5. The first-order valence-electron chi connectivity index (χ1n) is 8.56. The monoisotopic (exact) mass is 325 g/mol. The Bertz CT molecular complexity index is 742. The molecule has 4 rings (SSSR count). The predicted octanol–water partition coefficient (Wildman–Crippen LogP) is 3.65. The second kappa shape index (κ2) is 5.96. The fraction of sp³-hybridized carbons (Fsp3) is 0.474. The molecule has 5 nitrogen and oxygen atoms in total. The summed E-state index contributed by atoms with van der Waals surface area (Å²) in [5, 5.41) is 0. The van der Waals surface area contributed by atoms with Crippen molar-refractivity contribution in [2.45, 2.75) is 31.6 Å². The van der Waals surface area contributed by atoms with E-state index in [0.29, 0.717) is 11.7 Å². The second-order valence-electron chi connectivity index (χ2n) is 6.79. The smallest absolute Gasteiger partial charge is 0.145 e. The van der Waals surface area contributed by atoms with E-state index in [-0.39, 0.29) is 0 Å². The summed E-state index contributed by atoms with van der Waals surface area (Å²) in [6.07, 6.45) is 6.90. The molecule has 2 aliphatic rings. The topological polar surface area (TPSA) is 70.3 Å². The minimum Gasteiger partial charge on any atom is -0.497 e. The fourth-order valence-corrected chi connectivity index (χ4v) is 3.54. The molecule has 0 saturated heterocycles. The number of nitrogen functional groups attached to an aromatic ring is 1. The Morgan fingerprint density at radius 3 is 2.38 bits per heavy atom. The van der Waals surface area contributed by atoms with Crippen molar-refractivity contribution >= 4 is 5.82 Å². The van der Waals surface area contributed by atoms with Gasteiger partial charge in [-0.05, 0) is 49.7 Å². The van der Waals surface area contributed by atoms with Crippen LogP contribution in [0.15, 0.2) is 24.4 Å². The first-order valence-corrected chi connectivity index (χ1v) is 8.56. The molecule has 5 heteroatoms. The Hall–Kier alpha value is -2.30. The van der Waals surface area contributed by atoms with Crippen LogP contribution in [0.1, 0.15) is 37.3 Å². The van der Waals surface area contributed by atoms with Crippen molar-refractivity contribution < 1.29 is 9.47 Å². The van der Waals surface area contributed by atoms with Crippen LogP contribution < -0.4 is 15.2 Å². The number of ether oxygens (including phenoxy) is 2. The number of hydrogen-bond acceptors (Lipinski definition) is 5. The number of nitrogens with zero attached hydrogens (tertiary/aromatic N) is 2. The first kappa shape index (κ1) is 15.2. The van der Waals surface area contributed by atoms with E-state index >= 15 is 0 Å². The molecule has 1 aromatic carbocycles. The Morgan fingerprint density at radius 1 is 1.08 bits per heavy atom. The third-order valence-corrected chi connectivity index (χ3v) is 5.09. The SMILES string of the molecule is COc1ccc(-c2cnc(N)c(C(C3CC3)C3CC3)n2)c(OC)c1. The average molecular weight is 325 g/mol. The Balaban J connectivity index is 1.75. The molecule has 0 unspecified atom stereocenters. The van der Waals surface area contributed by atoms with Gasteiger partial charge in [0.1, 0.15) is 17.3 Å². The maximum atomic E-state index is 6.19. The highest BCUT2D eigenvalue weighted by Crippen LogP contribution is 2.55. The van der Waals surface area contributed by atoms with Gasteiger partial charge in [-0.25, -0.2) is 9.97 Å². The molecule has 0 radical (unpaired) electrons. The Kier molecular flexibility index (Phi) is 3.79. The summed E-state index contributed by atoms with van der Waals surface area (Å²) in [6.45, 7) is 0. The van der Waals surface area contributed by atoms with Crippen molar-refractivity contribution in [1.29, 1.82) is 0 Å². The van der Waals surface area contributed by atoms with Gasteiger partial charge in [-0.1, -0.05) is 0 Å². The molecule has 1 heterocycles. The van der Waals surface area contributed by atoms with Crippen LogP contribution in [0.25, 0.3) is 11.3 Å². The van der Waals surface area contributed by atoms with Gasteiger partial charge in [0, 0.05) is 17.5 Å². The van der Waals surface area contributed by atoms with Gasteiger partial charge in [0.2, 0.25) is 0 Å². The summed E-state index contributed by atoms with van der Waals surface area (Å²) in [4.78, 5) is 9.36. The quantitative estimate of drug-likeness (QED) is 0.878. The van der Waals surface area contributed by atoms with E-state index in [1.54, 1.807) is 20.4 Å². The molecule has 0 atom stereocenters. The lowest BCUT2D eigenvalue weighted by Crippen LogP contribution is -2.12. The highest BCUT2D eigenvalue weighted by molar-refractivity contribution is 5.69. The summed E-state index contributed by atoms with van der Waals surface area (Å²) in [7, 11) is 3.30. The van der Waals surface area contributed by atoms with Crippen molar-refractivity contribution in [2.24, 2.45) is 11.8 Å². The third-order valence-electron chi connectivity index (χ3n) is 5.09. The molecule has 2 fully saturated rings. The van der Waals surface area contributed by atoms with Crippen LogP contribution in [0.3, 0.4) is 0 Å². The molecule has 2 aromatic rings. The Labute approximate surface area is 142 Å². The van der Waals surface area contributed by atoms with Crippen LogP contribution in [0.5, 0.6) is 11.5 Å². The number of anilines is 1. The fourth-order valence-electron chi connectivity index (χ4n) is 3.54. The summed E-state index contributed by atoms with van der Waals surface area (Å²) < 4.78 is 10.8. The summed E-state index contributed by atoms with van der Waals surface area (Å²) in [6, 6.07) is 5.74. The normalized spacial score (nSPS) is 17.1. The zero-order valence-corrected chi connectivity index (χ0v) is 14.2. The maximum absolute atomic E-state index is 6.19. The summed E-state index contributed by atoms with van der Waals surface area (Å²) in [5.41, 5.74) is 8.90. The molecular formula is C19H23N3O2. The number of hydrogen-bond donors (Lipinski definition) is 1. The van der Waals surface area contributed by atoms with Gasteiger partial charge >= 0.3 is 0 Å². The lowest BCUT2D eigenvalue weighted by atomic mass is 9.93. The maximum Gasteiger partial charge on any atom is 0.145 e. The van der Waals surface area contributed by atoms with E-state index in [1.165, 1.54) is 25.7 Å². The van der Waals surface area contributed by atoms with Crippen LogP contribution in [0.4, 0.5) is 5.82 Å². The lowest BCUT2D eigenvalue weighted by molar-refractivity contribution is 0.395. The van der Waals surface area contributed by atoms with E-state index in [1.807, 2.05) is 18.2 Å². The van der Waals surface area contributed by atoms with Gasteiger partial charge < -0.3 is 15.2 Å². The van der Waals surface area contributed by atoms with Crippen LogP contribution in [0.2, 0.25) is 0 Å². The van der Waals surface area contributed by atoms with Gasteiger partial charge in [0.15, 0.2) is 0 Å². The second-order valence-corrected chi connectivity index (χ2v) is 6.79. The minimum atomic E-state index is 0.474. The summed E-state index contributed by atoms with van der Waals surface area (Å²) in [5.74, 6) is 4.02. The van der Waals surface area contributed by atoms with Gasteiger partial charge in [-0.2, -0.15) is 0 Å². The molecule has 0 amide bonds. The minimum absolute atomic E-state index is 0.474. The van der Waals surface area contributed by atoms with Crippen LogP contribution in [-0.2, 0) is 0 Å². The van der Waals surface area contributed by atoms with Crippen molar-refractivity contribution in [1.82, 2.24) is 9.97 Å². The van der Waals surface area contributed by atoms with Crippen molar-refractivity contribution in [3.63, 3.8) is 0 Å². The predicted molar refractivity (Wildman–Crippen MR) is 93.2 cm³/mol. The van der Waals surface area contributed by atoms with Gasteiger partial charge in [-0.3, -0.25) is 0 Å². The zero-order valence-electron chi connectivity index (χ0n) is 14.2. The molecule has 2 aliphatic carbocycles. The molecule has 0 spiro atoms. The van der Waals surface area contributed by atoms with Crippen molar-refractivity contribution in [3.05, 3.63) is 30.1 Å². The van der Waals surface area contributed by atoms with Gasteiger partial charge in [0.25, 0.3) is 0 Å². The first-order chi connectivity index (χ1) is 11.7. The average Bonchev–Trinajstić information content (AvgIpc) is 3.51. The summed E-state index contributed by atoms with van der Waals surface area (Å²) >= 11 is 0. The molecule has 1 aromatic heterocycles. The number of aromatic nitrogens is 2. The van der Waals surface area contributed by atoms with Gasteiger partial charge in [0.05, 0.1) is 31.8 Å². The highest BCUT2D eigenvalue weighted by Gasteiger charge is 2.44. The Morgan fingerprint density at radius 2 is 1.79 bits per heavy atom. The molecule has 0 aliphatic heterocycles. The largest absolute Gasteiger partial charge is 0.497 e. The third kappa shape index (κ3) is 2.79. The molecule has 2 N–H and O–H groups in total. The van der Waals surface area contributed by atoms with Crippen LogP contribution in [0, 0.1) is 11.8 Å². The number of rotatable bonds is 6. The lowest BCUT2D eigenvalue weighted by Gasteiger charge is -2.18. The number of benzene rings is 1. The molecule has 126 valence electrons. The van der Waals surface area contributed by atoms with E-state index in [0.717, 1.165) is 40.3 Å². The van der Waals surface area contributed by atoms with Crippen LogP contribution >= 0.6 is 0 Å². The molecule has 2 saturated carbocycles. The number of nitrogens with two attached hydrogens (primary N) is 1. The van der Waals surface area contributed by atoms with Crippen molar-refractivity contribution in [2.75, 3.05) is 20.0 Å². The standard InChI is InChI=1S/C19H23N3O2/c1-23-13-7-8-14(16(9-13)24-2)15-10-21-19(20)18(22-15)17(11-3-4-11)12-5-6-12/h7-12,17H,3-6H2,1-2H3,(H2,20,21). The van der Waals surface area contributed by atoms with Crippen LogP contribution in [-0.4, -0.2) is 24.2 Å². The number of methoxy groups -OCH3 is 2.